The van der Waals surface area contributed by atoms with Gasteiger partial charge in [-0.25, -0.2) is 29.3 Å². The third-order valence-corrected chi connectivity index (χ3v) is 11.2. The third kappa shape index (κ3) is 7.99. The van der Waals surface area contributed by atoms with Crippen molar-refractivity contribution in [3.63, 3.8) is 0 Å². The number of benzene rings is 3. The van der Waals surface area contributed by atoms with Crippen molar-refractivity contribution < 1.29 is 43.3 Å². The first-order chi connectivity index (χ1) is 30.1. The van der Waals surface area contributed by atoms with Gasteiger partial charge in [0.1, 0.15) is 19.0 Å². The number of hydrogen-bond donors (Lipinski definition) is 1. The summed E-state index contributed by atoms with van der Waals surface area (Å²) in [6.07, 6.45) is 4.58. The number of imidazole rings is 3. The van der Waals surface area contributed by atoms with Crippen molar-refractivity contribution in [1.29, 1.82) is 0 Å². The van der Waals surface area contributed by atoms with E-state index in [0.29, 0.717) is 65.9 Å². The number of nitrogens with zero attached hydrogens (tertiary/aromatic N) is 9. The van der Waals surface area contributed by atoms with Gasteiger partial charge in [-0.3, -0.25) is 28.1 Å². The lowest BCUT2D eigenvalue weighted by molar-refractivity contribution is 0.0384. The number of ether oxygens (including phenoxy) is 2. The summed E-state index contributed by atoms with van der Waals surface area (Å²) in [6.45, 7) is 0.381. The van der Waals surface area contributed by atoms with Crippen LogP contribution in [0.15, 0.2) is 73.6 Å². The van der Waals surface area contributed by atoms with Gasteiger partial charge in [-0.1, -0.05) is 34.8 Å². The Labute approximate surface area is 372 Å². The Kier molecular flexibility index (Phi) is 11.5. The van der Waals surface area contributed by atoms with Crippen LogP contribution in [0.3, 0.4) is 0 Å². The summed E-state index contributed by atoms with van der Waals surface area (Å²) in [5.41, 5.74) is 4.51. The first-order valence-corrected chi connectivity index (χ1v) is 20.2. The predicted octanol–water partition coefficient (Wildman–Crippen LogP) is 5.75. The molecule has 9 rings (SSSR count). The van der Waals surface area contributed by atoms with Gasteiger partial charge < -0.3 is 29.3 Å². The van der Waals surface area contributed by atoms with E-state index in [1.807, 2.05) is 0 Å². The molecule has 322 valence electrons. The summed E-state index contributed by atoms with van der Waals surface area (Å²) >= 11 is 18.1. The Bertz CT molecular complexity index is 2780. The van der Waals surface area contributed by atoms with Crippen LogP contribution in [0.2, 0.25) is 15.1 Å². The molecule has 0 aliphatic carbocycles. The molecule has 3 aromatic carbocycles. The standard InChI is InChI=1S/C29H24Cl2N6O6.C13H10ClN3O3/c1-34-12-22-24(32-14-36(22)20-6-4-16(30)10-18(20)26(34)38)28(40)42-8-3-9-43-29(41)25-23-13-35(2)27(39)19-11-17(31)5-7-21(19)37(23)15-33-25;1-16-5-10-11(13(19)20)15-6-17(10)9-3-2-7(14)4-8(9)12(16)18/h4-7,10-11,14-15H,3,8-9,12-13H2,1-2H3;2-4,6H,5H2,1H3,(H,19,20). The largest absolute Gasteiger partial charge is 0.476 e. The molecule has 0 atom stereocenters. The van der Waals surface area contributed by atoms with Crippen LogP contribution >= 0.6 is 34.8 Å². The van der Waals surface area contributed by atoms with Gasteiger partial charge in [0.15, 0.2) is 17.1 Å². The number of esters is 2. The number of hydrogen-bond acceptors (Lipinski definition) is 11. The van der Waals surface area contributed by atoms with Crippen LogP contribution in [0, 0.1) is 0 Å². The zero-order chi connectivity index (χ0) is 44.9. The van der Waals surface area contributed by atoms with Crippen molar-refractivity contribution in [2.75, 3.05) is 34.4 Å². The average Bonchev–Trinajstić information content (AvgIpc) is 3.95. The Balaban J connectivity index is 0.000000226. The first kappa shape index (κ1) is 42.7. The SMILES string of the molecule is CN1Cc2c(C(=O)O)ncn2-c2ccc(Cl)cc2C1=O.CN1Cc2c(C(=O)OCCCOC(=O)c3ncn4c3CN(C)C(=O)c3cc(Cl)ccc3-4)ncn2-c2ccc(Cl)cc2C1=O. The molecule has 0 unspecified atom stereocenters. The highest BCUT2D eigenvalue weighted by molar-refractivity contribution is 6.32. The van der Waals surface area contributed by atoms with E-state index in [1.165, 1.54) is 33.7 Å². The zero-order valence-electron chi connectivity index (χ0n) is 33.5. The average molecular weight is 915 g/mol. The van der Waals surface area contributed by atoms with Crippen LogP contribution in [0.4, 0.5) is 0 Å². The molecule has 3 aromatic heterocycles. The van der Waals surface area contributed by atoms with Gasteiger partial charge in [-0.15, -0.1) is 0 Å². The highest BCUT2D eigenvalue weighted by Crippen LogP contribution is 2.31. The summed E-state index contributed by atoms with van der Waals surface area (Å²) in [5, 5.41) is 10.5. The van der Waals surface area contributed by atoms with Gasteiger partial charge in [0.25, 0.3) is 17.7 Å². The minimum Gasteiger partial charge on any atom is -0.476 e. The van der Waals surface area contributed by atoms with Crippen LogP contribution in [-0.2, 0) is 29.1 Å². The molecule has 6 heterocycles. The third-order valence-electron chi connectivity index (χ3n) is 10.5. The molecular weight excluding hydrogens is 881 g/mol. The second kappa shape index (κ2) is 17.0. The lowest BCUT2D eigenvalue weighted by Crippen LogP contribution is -2.26. The number of carbonyl (C=O) groups excluding carboxylic acids is 5. The minimum atomic E-state index is -1.11. The monoisotopic (exact) mass is 913 g/mol. The predicted molar refractivity (Wildman–Crippen MR) is 225 cm³/mol. The number of amides is 3. The number of halogens is 3. The van der Waals surface area contributed by atoms with Crippen molar-refractivity contribution in [2.45, 2.75) is 26.1 Å². The van der Waals surface area contributed by atoms with Gasteiger partial charge in [-0.2, -0.15) is 0 Å². The van der Waals surface area contributed by atoms with E-state index in [9.17, 15) is 28.8 Å². The first-order valence-electron chi connectivity index (χ1n) is 19.0. The van der Waals surface area contributed by atoms with Crippen LogP contribution in [-0.4, -0.2) is 118 Å². The molecule has 1 N–H and O–H groups in total. The van der Waals surface area contributed by atoms with Crippen LogP contribution < -0.4 is 0 Å². The van der Waals surface area contributed by atoms with E-state index in [-0.39, 0.29) is 74.1 Å². The Morgan fingerprint density at radius 1 is 0.556 bits per heavy atom. The molecular formula is C42H34Cl3N9O9. The number of fused-ring (bicyclic) bond motifs is 9. The maximum absolute atomic E-state index is 12.9. The second-order valence-corrected chi connectivity index (χ2v) is 15.9. The van der Waals surface area contributed by atoms with E-state index in [4.69, 9.17) is 49.4 Å². The van der Waals surface area contributed by atoms with Gasteiger partial charge >= 0.3 is 17.9 Å². The number of carboxylic acid groups (broad SMARTS) is 1. The van der Waals surface area contributed by atoms with E-state index >= 15 is 0 Å². The van der Waals surface area contributed by atoms with Gasteiger partial charge in [0.2, 0.25) is 0 Å². The zero-order valence-corrected chi connectivity index (χ0v) is 35.8. The summed E-state index contributed by atoms with van der Waals surface area (Å²) in [7, 11) is 4.87. The molecule has 6 aromatic rings. The molecule has 0 spiro atoms. The molecule has 0 saturated heterocycles. The van der Waals surface area contributed by atoms with Crippen molar-refractivity contribution in [3.05, 3.63) is 140 Å². The Hall–Kier alpha value is -7.02. The Morgan fingerprint density at radius 2 is 0.873 bits per heavy atom. The Morgan fingerprint density at radius 3 is 1.21 bits per heavy atom. The van der Waals surface area contributed by atoms with Crippen molar-refractivity contribution in [1.82, 2.24) is 43.4 Å². The number of carbonyl (C=O) groups is 6. The molecule has 21 heteroatoms. The second-order valence-electron chi connectivity index (χ2n) is 14.6. The summed E-state index contributed by atoms with van der Waals surface area (Å²) in [5.74, 6) is -3.11. The van der Waals surface area contributed by atoms with Crippen LogP contribution in [0.5, 0.6) is 0 Å². The molecule has 0 saturated carbocycles. The van der Waals surface area contributed by atoms with Crippen LogP contribution in [0.25, 0.3) is 17.1 Å². The molecule has 18 nitrogen and oxygen atoms in total. The molecule has 0 bridgehead atoms. The van der Waals surface area contributed by atoms with Crippen LogP contribution in [0.1, 0.15) is 86.0 Å². The molecule has 0 fully saturated rings. The fourth-order valence-electron chi connectivity index (χ4n) is 7.42. The highest BCUT2D eigenvalue weighted by Gasteiger charge is 2.32. The molecule has 3 aliphatic heterocycles. The smallest absolute Gasteiger partial charge is 0.358 e. The summed E-state index contributed by atoms with van der Waals surface area (Å²) in [6, 6.07) is 14.8. The normalized spacial score (nSPS) is 13.8. The lowest BCUT2D eigenvalue weighted by atomic mass is 10.1. The number of aromatic nitrogens is 6. The number of rotatable bonds is 7. The minimum absolute atomic E-state index is 0.0357. The maximum atomic E-state index is 12.9. The van der Waals surface area contributed by atoms with Crippen molar-refractivity contribution >= 4 is 70.4 Å². The number of aromatic carboxylic acids is 1. The molecule has 0 radical (unpaired) electrons. The molecule has 3 aliphatic rings. The maximum Gasteiger partial charge on any atom is 0.358 e. The summed E-state index contributed by atoms with van der Waals surface area (Å²) < 4.78 is 15.8. The lowest BCUT2D eigenvalue weighted by Gasteiger charge is -2.14. The molecule has 3 amide bonds. The van der Waals surface area contributed by atoms with Crippen molar-refractivity contribution in [2.24, 2.45) is 0 Å². The van der Waals surface area contributed by atoms with Gasteiger partial charge in [0, 0.05) is 42.6 Å². The highest BCUT2D eigenvalue weighted by atomic mass is 35.5. The van der Waals surface area contributed by atoms with Gasteiger partial charge in [-0.05, 0) is 54.6 Å². The van der Waals surface area contributed by atoms with E-state index in [0.717, 1.165) is 0 Å². The van der Waals surface area contributed by atoms with E-state index < -0.39 is 17.9 Å². The van der Waals surface area contributed by atoms with E-state index in [2.05, 4.69) is 15.0 Å². The van der Waals surface area contributed by atoms with Crippen molar-refractivity contribution in [3.8, 4) is 17.1 Å². The topological polar surface area (TPSA) is 204 Å². The van der Waals surface area contributed by atoms with E-state index in [1.54, 1.807) is 89.4 Å². The number of carboxylic acids is 1. The van der Waals surface area contributed by atoms with Gasteiger partial charge in [0.05, 0.1) is 83.7 Å². The quantitative estimate of drug-likeness (QED) is 0.150. The molecule has 63 heavy (non-hydrogen) atoms. The summed E-state index contributed by atoms with van der Waals surface area (Å²) in [4.78, 5) is 91.9. The fraction of sp³-hybridized carbons (Fsp3) is 0.214. The fourth-order valence-corrected chi connectivity index (χ4v) is 7.93.